The van der Waals surface area contributed by atoms with Crippen LogP contribution < -0.4 is 0 Å². The summed E-state index contributed by atoms with van der Waals surface area (Å²) in [5, 5.41) is 0. The van der Waals surface area contributed by atoms with E-state index in [2.05, 4.69) is 4.57 Å². The molecule has 1 aromatic heterocycles. The number of nitrogens with zero attached hydrogens (tertiary/aromatic N) is 3. The highest BCUT2D eigenvalue weighted by Crippen LogP contribution is 2.33. The molecule has 0 spiro atoms. The zero-order valence-electron chi connectivity index (χ0n) is 18.7. The van der Waals surface area contributed by atoms with Gasteiger partial charge >= 0.3 is 0 Å². The van der Waals surface area contributed by atoms with E-state index < -0.39 is 11.4 Å². The van der Waals surface area contributed by atoms with Crippen LogP contribution in [0.5, 0.6) is 0 Å². The van der Waals surface area contributed by atoms with E-state index in [4.69, 9.17) is 0 Å². The summed E-state index contributed by atoms with van der Waals surface area (Å²) >= 11 is 0. The molecule has 0 bridgehead atoms. The standard InChI is InChI=1S/C26H28FN3O2/c1-26(2,3)30(25(32)20-11-7-12-21(27)17-20)18-23(31)29-16-15-28-14-8-13-22(28)24(29)19-9-5-4-6-10-19/h4-14,17,24H,15-16,18H2,1-3H3/t24-/m1/s1. The summed E-state index contributed by atoms with van der Waals surface area (Å²) in [6, 6.07) is 19.3. The molecule has 0 aliphatic carbocycles. The number of amides is 2. The Kier molecular flexibility index (Phi) is 5.87. The van der Waals surface area contributed by atoms with Crippen LogP contribution in [-0.4, -0.2) is 44.8 Å². The van der Waals surface area contributed by atoms with Crippen LogP contribution in [0.2, 0.25) is 0 Å². The van der Waals surface area contributed by atoms with Gasteiger partial charge in [0.2, 0.25) is 5.91 Å². The topological polar surface area (TPSA) is 45.6 Å². The van der Waals surface area contributed by atoms with Crippen molar-refractivity contribution in [2.75, 3.05) is 13.1 Å². The average molecular weight is 434 g/mol. The van der Waals surface area contributed by atoms with E-state index in [-0.39, 0.29) is 30.0 Å². The molecule has 32 heavy (non-hydrogen) atoms. The Morgan fingerprint density at radius 1 is 1.00 bits per heavy atom. The molecule has 1 aliphatic rings. The Balaban J connectivity index is 1.65. The van der Waals surface area contributed by atoms with Gasteiger partial charge in [-0.25, -0.2) is 4.39 Å². The molecular formula is C26H28FN3O2. The number of hydrogen-bond donors (Lipinski definition) is 0. The molecule has 1 aliphatic heterocycles. The maximum atomic E-state index is 13.7. The van der Waals surface area contributed by atoms with E-state index in [0.717, 1.165) is 11.3 Å². The lowest BCUT2D eigenvalue weighted by Gasteiger charge is -2.41. The van der Waals surface area contributed by atoms with E-state index >= 15 is 0 Å². The van der Waals surface area contributed by atoms with E-state index in [1.54, 1.807) is 6.07 Å². The van der Waals surface area contributed by atoms with Crippen LogP contribution in [-0.2, 0) is 11.3 Å². The largest absolute Gasteiger partial charge is 0.348 e. The second-order valence-corrected chi connectivity index (χ2v) is 9.10. The number of halogens is 1. The molecular weight excluding hydrogens is 405 g/mol. The van der Waals surface area contributed by atoms with Gasteiger partial charge in [-0.3, -0.25) is 9.59 Å². The highest BCUT2D eigenvalue weighted by molar-refractivity contribution is 5.97. The quantitative estimate of drug-likeness (QED) is 0.608. The molecule has 2 amide bonds. The van der Waals surface area contributed by atoms with Gasteiger partial charge in [-0.15, -0.1) is 0 Å². The Hall–Kier alpha value is -3.41. The summed E-state index contributed by atoms with van der Waals surface area (Å²) in [6.07, 6.45) is 2.03. The second-order valence-electron chi connectivity index (χ2n) is 9.10. The minimum Gasteiger partial charge on any atom is -0.348 e. The van der Waals surface area contributed by atoms with E-state index in [1.807, 2.05) is 74.3 Å². The SMILES string of the molecule is CC(C)(C)N(CC(=O)N1CCn2cccc2[C@H]1c1ccccc1)C(=O)c1cccc(F)c1. The van der Waals surface area contributed by atoms with Gasteiger partial charge in [0, 0.05) is 36.1 Å². The molecule has 0 radical (unpaired) electrons. The molecule has 4 rings (SSSR count). The van der Waals surface area contributed by atoms with Gasteiger partial charge in [0.25, 0.3) is 5.91 Å². The molecule has 0 N–H and O–H groups in total. The molecule has 3 aromatic rings. The van der Waals surface area contributed by atoms with Crippen molar-refractivity contribution in [3.63, 3.8) is 0 Å². The third-order valence-corrected chi connectivity index (χ3v) is 5.89. The summed E-state index contributed by atoms with van der Waals surface area (Å²) < 4.78 is 15.9. The molecule has 2 aromatic carbocycles. The Morgan fingerprint density at radius 3 is 2.44 bits per heavy atom. The van der Waals surface area contributed by atoms with Crippen molar-refractivity contribution >= 4 is 11.8 Å². The number of carbonyl (C=O) groups is 2. The van der Waals surface area contributed by atoms with Crippen molar-refractivity contribution < 1.29 is 14.0 Å². The number of rotatable bonds is 4. The predicted molar refractivity (Wildman–Crippen MR) is 122 cm³/mol. The molecule has 0 saturated carbocycles. The first-order valence-electron chi connectivity index (χ1n) is 10.8. The summed E-state index contributed by atoms with van der Waals surface area (Å²) in [6.45, 7) is 6.81. The fourth-order valence-electron chi connectivity index (χ4n) is 4.26. The number of hydrogen-bond acceptors (Lipinski definition) is 2. The molecule has 0 fully saturated rings. The van der Waals surface area contributed by atoms with Crippen molar-refractivity contribution in [1.29, 1.82) is 0 Å². The molecule has 2 heterocycles. The van der Waals surface area contributed by atoms with E-state index in [9.17, 15) is 14.0 Å². The normalized spacial score (nSPS) is 15.9. The summed E-state index contributed by atoms with van der Waals surface area (Å²) in [5.74, 6) is -0.968. The summed E-state index contributed by atoms with van der Waals surface area (Å²) in [5.41, 5.74) is 1.70. The van der Waals surface area contributed by atoms with Crippen molar-refractivity contribution in [3.8, 4) is 0 Å². The van der Waals surface area contributed by atoms with Crippen molar-refractivity contribution in [2.45, 2.75) is 38.9 Å². The van der Waals surface area contributed by atoms with Crippen LogP contribution in [0.15, 0.2) is 72.9 Å². The molecule has 0 saturated heterocycles. The van der Waals surface area contributed by atoms with Gasteiger partial charge in [-0.2, -0.15) is 0 Å². The highest BCUT2D eigenvalue weighted by Gasteiger charge is 2.36. The van der Waals surface area contributed by atoms with Crippen LogP contribution in [0.4, 0.5) is 4.39 Å². The fourth-order valence-corrected chi connectivity index (χ4v) is 4.26. The zero-order chi connectivity index (χ0) is 22.9. The Morgan fingerprint density at radius 2 is 1.75 bits per heavy atom. The van der Waals surface area contributed by atoms with Crippen LogP contribution in [0.3, 0.4) is 0 Å². The van der Waals surface area contributed by atoms with E-state index in [1.165, 1.54) is 23.1 Å². The number of carbonyl (C=O) groups excluding carboxylic acids is 2. The van der Waals surface area contributed by atoms with Crippen molar-refractivity contribution in [3.05, 3.63) is 95.6 Å². The Bertz CT molecular complexity index is 1120. The predicted octanol–water partition coefficient (Wildman–Crippen LogP) is 4.50. The number of aromatic nitrogens is 1. The number of benzene rings is 2. The molecule has 5 nitrogen and oxygen atoms in total. The van der Waals surface area contributed by atoms with Crippen LogP contribution in [0.1, 0.15) is 48.4 Å². The first kappa shape index (κ1) is 21.8. The lowest BCUT2D eigenvalue weighted by atomic mass is 9.99. The van der Waals surface area contributed by atoms with Gasteiger partial charge in [0.05, 0.1) is 6.04 Å². The Labute approximate surface area is 188 Å². The maximum absolute atomic E-state index is 13.7. The number of fused-ring (bicyclic) bond motifs is 1. The minimum absolute atomic E-state index is 0.0805. The van der Waals surface area contributed by atoms with Gasteiger partial charge in [-0.05, 0) is 56.7 Å². The first-order chi connectivity index (χ1) is 15.3. The summed E-state index contributed by atoms with van der Waals surface area (Å²) in [7, 11) is 0. The average Bonchev–Trinajstić information content (AvgIpc) is 3.25. The summed E-state index contributed by atoms with van der Waals surface area (Å²) in [4.78, 5) is 30.3. The molecule has 166 valence electrons. The molecule has 0 unspecified atom stereocenters. The third-order valence-electron chi connectivity index (χ3n) is 5.89. The lowest BCUT2D eigenvalue weighted by Crippen LogP contribution is -2.53. The van der Waals surface area contributed by atoms with Gasteiger partial charge < -0.3 is 14.4 Å². The van der Waals surface area contributed by atoms with Crippen LogP contribution in [0.25, 0.3) is 0 Å². The molecule has 6 heteroatoms. The third kappa shape index (κ3) is 4.31. The van der Waals surface area contributed by atoms with Crippen molar-refractivity contribution in [1.82, 2.24) is 14.4 Å². The van der Waals surface area contributed by atoms with Crippen LogP contribution >= 0.6 is 0 Å². The second kappa shape index (κ2) is 8.61. The first-order valence-corrected chi connectivity index (χ1v) is 10.8. The van der Waals surface area contributed by atoms with Gasteiger partial charge in [-0.1, -0.05) is 36.4 Å². The zero-order valence-corrected chi connectivity index (χ0v) is 18.7. The fraction of sp³-hybridized carbons (Fsp3) is 0.308. The van der Waals surface area contributed by atoms with Gasteiger partial charge in [0.1, 0.15) is 12.4 Å². The van der Waals surface area contributed by atoms with Crippen molar-refractivity contribution in [2.24, 2.45) is 0 Å². The smallest absolute Gasteiger partial charge is 0.254 e. The highest BCUT2D eigenvalue weighted by atomic mass is 19.1. The maximum Gasteiger partial charge on any atom is 0.254 e. The monoisotopic (exact) mass is 433 g/mol. The van der Waals surface area contributed by atoms with Crippen LogP contribution in [0, 0.1) is 5.82 Å². The minimum atomic E-state index is -0.614. The van der Waals surface area contributed by atoms with E-state index in [0.29, 0.717) is 13.1 Å². The molecule has 1 atom stereocenters. The lowest BCUT2D eigenvalue weighted by molar-refractivity contribution is -0.135. The van der Waals surface area contributed by atoms with Gasteiger partial charge in [0.15, 0.2) is 0 Å².